The second kappa shape index (κ2) is 7.77. The lowest BCUT2D eigenvalue weighted by atomic mass is 10.0. The summed E-state index contributed by atoms with van der Waals surface area (Å²) in [5.74, 6) is 1.15. The largest absolute Gasteiger partial charge is 0.339 e. The number of fused-ring (bicyclic) bond motifs is 1. The van der Waals surface area contributed by atoms with Crippen LogP contribution in [-0.4, -0.2) is 15.0 Å². The standard InChI is InChI=1S/C24H24N4/c1-16(2)21-12-11-20-23(27-21)25-15-26-24(20)28-22-13-17(3)9-10-19(22)14-18-7-5-4-6-8-18/h4-13,15-16H,14H2,1-3H3,(H,25,26,27,28). The van der Waals surface area contributed by atoms with Gasteiger partial charge in [0, 0.05) is 11.4 Å². The van der Waals surface area contributed by atoms with Gasteiger partial charge in [0.05, 0.1) is 5.39 Å². The van der Waals surface area contributed by atoms with Crippen molar-refractivity contribution in [1.82, 2.24) is 15.0 Å². The Bertz CT molecular complexity index is 1100. The third-order valence-corrected chi connectivity index (χ3v) is 4.87. The first-order chi connectivity index (χ1) is 13.6. The molecule has 0 aliphatic heterocycles. The minimum Gasteiger partial charge on any atom is -0.339 e. The molecule has 0 amide bonds. The van der Waals surface area contributed by atoms with E-state index in [2.05, 4.69) is 90.7 Å². The van der Waals surface area contributed by atoms with Crippen molar-refractivity contribution in [2.45, 2.75) is 33.1 Å². The van der Waals surface area contributed by atoms with Gasteiger partial charge in [0.2, 0.25) is 0 Å². The quantitative estimate of drug-likeness (QED) is 0.484. The third kappa shape index (κ3) is 3.86. The van der Waals surface area contributed by atoms with Gasteiger partial charge in [-0.25, -0.2) is 15.0 Å². The monoisotopic (exact) mass is 368 g/mol. The number of pyridine rings is 1. The van der Waals surface area contributed by atoms with E-state index in [0.717, 1.165) is 34.7 Å². The number of benzene rings is 2. The molecule has 2 aromatic heterocycles. The van der Waals surface area contributed by atoms with Gasteiger partial charge in [-0.3, -0.25) is 0 Å². The molecule has 0 radical (unpaired) electrons. The van der Waals surface area contributed by atoms with Crippen LogP contribution in [0.2, 0.25) is 0 Å². The number of aromatic nitrogens is 3. The minimum atomic E-state index is 0.366. The molecular weight excluding hydrogens is 344 g/mol. The molecule has 0 unspecified atom stereocenters. The first kappa shape index (κ1) is 18.1. The molecule has 0 aliphatic rings. The van der Waals surface area contributed by atoms with Gasteiger partial charge in [-0.15, -0.1) is 0 Å². The zero-order chi connectivity index (χ0) is 19.5. The lowest BCUT2D eigenvalue weighted by molar-refractivity contribution is 0.827. The fraction of sp³-hybridized carbons (Fsp3) is 0.208. The second-order valence-electron chi connectivity index (χ2n) is 7.43. The molecule has 0 atom stereocenters. The summed E-state index contributed by atoms with van der Waals surface area (Å²) in [4.78, 5) is 13.6. The summed E-state index contributed by atoms with van der Waals surface area (Å²) in [6.07, 6.45) is 2.44. The third-order valence-electron chi connectivity index (χ3n) is 4.87. The molecule has 4 aromatic rings. The van der Waals surface area contributed by atoms with Crippen LogP contribution in [0, 0.1) is 6.92 Å². The average Bonchev–Trinajstić information content (AvgIpc) is 2.70. The number of aryl methyl sites for hydroxylation is 1. The summed E-state index contributed by atoms with van der Waals surface area (Å²) in [5.41, 5.74) is 6.55. The van der Waals surface area contributed by atoms with E-state index in [4.69, 9.17) is 4.98 Å². The molecule has 0 fully saturated rings. The first-order valence-electron chi connectivity index (χ1n) is 9.62. The van der Waals surface area contributed by atoms with E-state index >= 15 is 0 Å². The Labute approximate surface area is 165 Å². The van der Waals surface area contributed by atoms with Crippen LogP contribution in [0.3, 0.4) is 0 Å². The number of rotatable bonds is 5. The Morgan fingerprint density at radius 3 is 2.54 bits per heavy atom. The van der Waals surface area contributed by atoms with E-state index in [1.807, 2.05) is 6.07 Å². The van der Waals surface area contributed by atoms with Gasteiger partial charge in [-0.1, -0.05) is 56.3 Å². The molecular formula is C24H24N4. The van der Waals surface area contributed by atoms with Crippen LogP contribution < -0.4 is 5.32 Å². The summed E-state index contributed by atoms with van der Waals surface area (Å²) < 4.78 is 0. The lowest BCUT2D eigenvalue weighted by Crippen LogP contribution is -2.02. The highest BCUT2D eigenvalue weighted by Crippen LogP contribution is 2.28. The molecule has 0 saturated heterocycles. The molecule has 2 aromatic carbocycles. The topological polar surface area (TPSA) is 50.7 Å². The van der Waals surface area contributed by atoms with Crippen LogP contribution in [-0.2, 0) is 6.42 Å². The number of nitrogens with zero attached hydrogens (tertiary/aromatic N) is 3. The molecule has 1 N–H and O–H groups in total. The zero-order valence-electron chi connectivity index (χ0n) is 16.5. The van der Waals surface area contributed by atoms with E-state index in [9.17, 15) is 0 Å². The van der Waals surface area contributed by atoms with Crippen LogP contribution in [0.5, 0.6) is 0 Å². The maximum Gasteiger partial charge on any atom is 0.164 e. The molecule has 4 nitrogen and oxygen atoms in total. The number of hydrogen-bond acceptors (Lipinski definition) is 4. The number of hydrogen-bond donors (Lipinski definition) is 1. The predicted octanol–water partition coefficient (Wildman–Crippen LogP) is 5.79. The van der Waals surface area contributed by atoms with E-state index in [1.54, 1.807) is 6.33 Å². The normalized spacial score (nSPS) is 11.1. The van der Waals surface area contributed by atoms with Crippen LogP contribution >= 0.6 is 0 Å². The Morgan fingerprint density at radius 2 is 1.75 bits per heavy atom. The first-order valence-corrected chi connectivity index (χ1v) is 9.62. The maximum atomic E-state index is 4.69. The van der Waals surface area contributed by atoms with Crippen LogP contribution in [0.4, 0.5) is 11.5 Å². The zero-order valence-corrected chi connectivity index (χ0v) is 16.5. The summed E-state index contributed by atoms with van der Waals surface area (Å²) >= 11 is 0. The average molecular weight is 368 g/mol. The molecule has 2 heterocycles. The minimum absolute atomic E-state index is 0.366. The molecule has 4 heteroatoms. The van der Waals surface area contributed by atoms with Crippen LogP contribution in [0.1, 0.15) is 42.1 Å². The van der Waals surface area contributed by atoms with Gasteiger partial charge >= 0.3 is 0 Å². The predicted molar refractivity (Wildman–Crippen MR) is 115 cm³/mol. The summed E-state index contributed by atoms with van der Waals surface area (Å²) in [6, 6.07) is 21.1. The molecule has 0 spiro atoms. The maximum absolute atomic E-state index is 4.69. The molecule has 4 rings (SSSR count). The van der Waals surface area contributed by atoms with Crippen molar-refractivity contribution in [3.05, 3.63) is 89.4 Å². The van der Waals surface area contributed by atoms with Gasteiger partial charge in [0.1, 0.15) is 12.1 Å². The fourth-order valence-electron chi connectivity index (χ4n) is 3.28. The van der Waals surface area contributed by atoms with Crippen molar-refractivity contribution in [2.24, 2.45) is 0 Å². The Hall–Kier alpha value is -3.27. The van der Waals surface area contributed by atoms with Gasteiger partial charge in [-0.05, 0) is 54.2 Å². The molecule has 0 bridgehead atoms. The van der Waals surface area contributed by atoms with E-state index in [0.29, 0.717) is 5.92 Å². The van der Waals surface area contributed by atoms with Gasteiger partial charge in [-0.2, -0.15) is 0 Å². The smallest absolute Gasteiger partial charge is 0.164 e. The van der Waals surface area contributed by atoms with E-state index in [1.165, 1.54) is 16.7 Å². The lowest BCUT2D eigenvalue weighted by Gasteiger charge is -2.14. The highest BCUT2D eigenvalue weighted by molar-refractivity contribution is 5.88. The summed E-state index contributed by atoms with van der Waals surface area (Å²) in [6.45, 7) is 6.38. The number of anilines is 2. The van der Waals surface area contributed by atoms with Crippen molar-refractivity contribution in [2.75, 3.05) is 5.32 Å². The molecule has 28 heavy (non-hydrogen) atoms. The van der Waals surface area contributed by atoms with Crippen molar-refractivity contribution < 1.29 is 0 Å². The van der Waals surface area contributed by atoms with Gasteiger partial charge in [0.25, 0.3) is 0 Å². The van der Waals surface area contributed by atoms with E-state index < -0.39 is 0 Å². The number of nitrogens with one attached hydrogen (secondary N) is 1. The van der Waals surface area contributed by atoms with Crippen LogP contribution in [0.25, 0.3) is 11.0 Å². The fourth-order valence-corrected chi connectivity index (χ4v) is 3.28. The Kier molecular flexibility index (Phi) is 5.02. The molecule has 0 aliphatic carbocycles. The van der Waals surface area contributed by atoms with E-state index in [-0.39, 0.29) is 0 Å². The second-order valence-corrected chi connectivity index (χ2v) is 7.43. The summed E-state index contributed by atoms with van der Waals surface area (Å²) in [7, 11) is 0. The van der Waals surface area contributed by atoms with Gasteiger partial charge in [0.15, 0.2) is 5.65 Å². The molecule has 140 valence electrons. The highest BCUT2D eigenvalue weighted by Gasteiger charge is 2.11. The Balaban J connectivity index is 1.72. The molecule has 0 saturated carbocycles. The highest BCUT2D eigenvalue weighted by atomic mass is 15.0. The Morgan fingerprint density at radius 1 is 0.929 bits per heavy atom. The van der Waals surface area contributed by atoms with Crippen molar-refractivity contribution in [1.29, 1.82) is 0 Å². The SMILES string of the molecule is Cc1ccc(Cc2ccccc2)c(Nc2ncnc3nc(C(C)C)ccc23)c1. The van der Waals surface area contributed by atoms with Crippen molar-refractivity contribution >= 4 is 22.5 Å². The van der Waals surface area contributed by atoms with Crippen molar-refractivity contribution in [3.63, 3.8) is 0 Å². The summed E-state index contributed by atoms with van der Waals surface area (Å²) in [5, 5.41) is 4.46. The van der Waals surface area contributed by atoms with Crippen molar-refractivity contribution in [3.8, 4) is 0 Å². The van der Waals surface area contributed by atoms with Crippen LogP contribution in [0.15, 0.2) is 67.0 Å². The van der Waals surface area contributed by atoms with Gasteiger partial charge < -0.3 is 5.32 Å².